The minimum atomic E-state index is -0.246. The first kappa shape index (κ1) is 19.6. The van der Waals surface area contributed by atoms with E-state index in [1.54, 1.807) is 30.6 Å². The van der Waals surface area contributed by atoms with Gasteiger partial charge in [0, 0.05) is 42.8 Å². The quantitative estimate of drug-likeness (QED) is 0.674. The number of nitrogens with one attached hydrogen (secondary N) is 2. The normalized spacial score (nSPS) is 14.2. The summed E-state index contributed by atoms with van der Waals surface area (Å²) < 4.78 is 0. The zero-order valence-corrected chi connectivity index (χ0v) is 16.6. The Kier molecular flexibility index (Phi) is 6.03. The highest BCUT2D eigenvalue weighted by Gasteiger charge is 2.26. The van der Waals surface area contributed by atoms with Gasteiger partial charge in [-0.25, -0.2) is 0 Å². The van der Waals surface area contributed by atoms with Crippen LogP contribution < -0.4 is 15.5 Å². The predicted molar refractivity (Wildman–Crippen MR) is 119 cm³/mol. The van der Waals surface area contributed by atoms with Crippen molar-refractivity contribution in [1.29, 1.82) is 0 Å². The summed E-state index contributed by atoms with van der Waals surface area (Å²) in [5.74, 6) is -0.359. The number of hydrogen-bond acceptors (Lipinski definition) is 4. The Morgan fingerprint density at radius 1 is 0.833 bits per heavy atom. The number of para-hydroxylation sites is 2. The number of piperidine rings is 1. The molecule has 0 spiro atoms. The van der Waals surface area contributed by atoms with E-state index in [2.05, 4.69) is 20.5 Å². The Labute approximate surface area is 175 Å². The number of rotatable bonds is 5. The molecule has 3 aromatic rings. The SMILES string of the molecule is O=C(Nc1ccccc1)c1ccccc1NC(=O)C1CCN(c2ccncc2)CC1. The van der Waals surface area contributed by atoms with E-state index in [0.29, 0.717) is 16.9 Å². The molecule has 2 heterocycles. The van der Waals surface area contributed by atoms with Crippen LogP contribution in [0.4, 0.5) is 17.1 Å². The lowest BCUT2D eigenvalue weighted by Crippen LogP contribution is -2.38. The molecule has 0 aliphatic carbocycles. The summed E-state index contributed by atoms with van der Waals surface area (Å²) in [5.41, 5.74) is 2.83. The number of aromatic nitrogens is 1. The molecule has 0 bridgehead atoms. The second-order valence-corrected chi connectivity index (χ2v) is 7.32. The maximum absolute atomic E-state index is 12.9. The van der Waals surface area contributed by atoms with Crippen LogP contribution >= 0.6 is 0 Å². The standard InChI is InChI=1S/C24H24N4O2/c29-23(18-12-16-28(17-13-18)20-10-14-25-15-11-20)27-22-9-5-4-8-21(22)24(30)26-19-6-2-1-3-7-19/h1-11,14-15,18H,12-13,16-17H2,(H,26,30)(H,27,29). The Balaban J connectivity index is 1.39. The predicted octanol–water partition coefficient (Wildman–Crippen LogP) is 4.19. The number of carbonyl (C=O) groups is 2. The molecule has 1 aliphatic rings. The summed E-state index contributed by atoms with van der Waals surface area (Å²) in [6.45, 7) is 1.64. The van der Waals surface area contributed by atoms with E-state index in [-0.39, 0.29) is 17.7 Å². The van der Waals surface area contributed by atoms with E-state index >= 15 is 0 Å². The zero-order chi connectivity index (χ0) is 20.8. The molecule has 1 aliphatic heterocycles. The molecule has 2 aromatic carbocycles. The number of pyridine rings is 1. The smallest absolute Gasteiger partial charge is 0.257 e. The van der Waals surface area contributed by atoms with E-state index in [1.807, 2.05) is 48.5 Å². The van der Waals surface area contributed by atoms with Gasteiger partial charge in [-0.1, -0.05) is 30.3 Å². The third-order valence-corrected chi connectivity index (χ3v) is 5.35. The molecule has 30 heavy (non-hydrogen) atoms. The van der Waals surface area contributed by atoms with E-state index in [1.165, 1.54) is 0 Å². The molecular formula is C24H24N4O2. The number of carbonyl (C=O) groups excluding carboxylic acids is 2. The van der Waals surface area contributed by atoms with Crippen molar-refractivity contribution in [2.24, 2.45) is 5.92 Å². The Morgan fingerprint density at radius 3 is 2.23 bits per heavy atom. The third-order valence-electron chi connectivity index (χ3n) is 5.35. The molecule has 1 saturated heterocycles. The molecule has 0 unspecified atom stereocenters. The minimum Gasteiger partial charge on any atom is -0.371 e. The van der Waals surface area contributed by atoms with Crippen molar-refractivity contribution in [3.8, 4) is 0 Å². The summed E-state index contributed by atoms with van der Waals surface area (Å²) in [6.07, 6.45) is 5.11. The first-order valence-corrected chi connectivity index (χ1v) is 10.1. The monoisotopic (exact) mass is 400 g/mol. The van der Waals surface area contributed by atoms with Crippen LogP contribution in [0, 0.1) is 5.92 Å². The molecule has 152 valence electrons. The van der Waals surface area contributed by atoms with Gasteiger partial charge in [0.2, 0.25) is 5.91 Å². The number of anilines is 3. The average molecular weight is 400 g/mol. The van der Waals surface area contributed by atoms with Crippen LogP contribution in [-0.4, -0.2) is 29.9 Å². The lowest BCUT2D eigenvalue weighted by molar-refractivity contribution is -0.120. The maximum Gasteiger partial charge on any atom is 0.257 e. The highest BCUT2D eigenvalue weighted by molar-refractivity contribution is 6.10. The van der Waals surface area contributed by atoms with Gasteiger partial charge in [-0.2, -0.15) is 0 Å². The molecule has 1 aromatic heterocycles. The molecule has 2 amide bonds. The van der Waals surface area contributed by atoms with Crippen molar-refractivity contribution in [2.75, 3.05) is 28.6 Å². The van der Waals surface area contributed by atoms with Crippen LogP contribution in [0.5, 0.6) is 0 Å². The molecule has 1 fully saturated rings. The van der Waals surface area contributed by atoms with Crippen LogP contribution in [0.3, 0.4) is 0 Å². The van der Waals surface area contributed by atoms with Gasteiger partial charge in [0.25, 0.3) is 5.91 Å². The summed E-state index contributed by atoms with van der Waals surface area (Å²) >= 11 is 0. The topological polar surface area (TPSA) is 74.3 Å². The number of benzene rings is 2. The zero-order valence-electron chi connectivity index (χ0n) is 16.6. The first-order chi connectivity index (χ1) is 14.7. The average Bonchev–Trinajstić information content (AvgIpc) is 2.81. The van der Waals surface area contributed by atoms with Gasteiger partial charge in [-0.05, 0) is 49.2 Å². The van der Waals surface area contributed by atoms with Crippen LogP contribution in [-0.2, 0) is 4.79 Å². The molecule has 6 heteroatoms. The third kappa shape index (κ3) is 4.66. The van der Waals surface area contributed by atoms with E-state index in [4.69, 9.17) is 0 Å². The van der Waals surface area contributed by atoms with Crippen molar-refractivity contribution in [1.82, 2.24) is 4.98 Å². The summed E-state index contributed by atoms with van der Waals surface area (Å²) in [7, 11) is 0. The maximum atomic E-state index is 12.9. The van der Waals surface area contributed by atoms with Gasteiger partial charge >= 0.3 is 0 Å². The largest absolute Gasteiger partial charge is 0.371 e. The minimum absolute atomic E-state index is 0.0376. The second kappa shape index (κ2) is 9.22. The fourth-order valence-electron chi connectivity index (χ4n) is 3.70. The van der Waals surface area contributed by atoms with E-state index in [0.717, 1.165) is 31.6 Å². The molecule has 4 rings (SSSR count). The Morgan fingerprint density at radius 2 is 1.50 bits per heavy atom. The fourth-order valence-corrected chi connectivity index (χ4v) is 3.70. The number of amides is 2. The number of nitrogens with zero attached hydrogens (tertiary/aromatic N) is 2. The summed E-state index contributed by atoms with van der Waals surface area (Å²) in [4.78, 5) is 31.9. The summed E-state index contributed by atoms with van der Waals surface area (Å²) in [5, 5.41) is 5.85. The molecule has 0 radical (unpaired) electrons. The van der Waals surface area contributed by atoms with E-state index in [9.17, 15) is 9.59 Å². The highest BCUT2D eigenvalue weighted by Crippen LogP contribution is 2.25. The fraction of sp³-hybridized carbons (Fsp3) is 0.208. The van der Waals surface area contributed by atoms with Crippen molar-refractivity contribution in [3.05, 3.63) is 84.7 Å². The van der Waals surface area contributed by atoms with Gasteiger partial charge < -0.3 is 15.5 Å². The van der Waals surface area contributed by atoms with Crippen molar-refractivity contribution in [2.45, 2.75) is 12.8 Å². The first-order valence-electron chi connectivity index (χ1n) is 10.1. The molecule has 6 nitrogen and oxygen atoms in total. The Bertz CT molecular complexity index is 1000. The summed E-state index contributed by atoms with van der Waals surface area (Å²) in [6, 6.07) is 20.4. The van der Waals surface area contributed by atoms with Crippen LogP contribution in [0.1, 0.15) is 23.2 Å². The van der Waals surface area contributed by atoms with Gasteiger partial charge in [-0.15, -0.1) is 0 Å². The van der Waals surface area contributed by atoms with Gasteiger partial charge in [-0.3, -0.25) is 14.6 Å². The van der Waals surface area contributed by atoms with Gasteiger partial charge in [0.15, 0.2) is 0 Å². The highest BCUT2D eigenvalue weighted by atomic mass is 16.2. The Hall–Kier alpha value is -3.67. The lowest BCUT2D eigenvalue weighted by atomic mass is 9.95. The van der Waals surface area contributed by atoms with E-state index < -0.39 is 0 Å². The number of hydrogen-bond donors (Lipinski definition) is 2. The van der Waals surface area contributed by atoms with Gasteiger partial charge in [0.05, 0.1) is 11.3 Å². The second-order valence-electron chi connectivity index (χ2n) is 7.32. The molecule has 0 atom stereocenters. The molecule has 0 saturated carbocycles. The van der Waals surface area contributed by atoms with Crippen molar-refractivity contribution >= 4 is 28.9 Å². The van der Waals surface area contributed by atoms with Crippen LogP contribution in [0.15, 0.2) is 79.1 Å². The molecule has 2 N–H and O–H groups in total. The van der Waals surface area contributed by atoms with Crippen LogP contribution in [0.2, 0.25) is 0 Å². The van der Waals surface area contributed by atoms with Gasteiger partial charge in [0.1, 0.15) is 0 Å². The van der Waals surface area contributed by atoms with Crippen LogP contribution in [0.25, 0.3) is 0 Å². The molecular weight excluding hydrogens is 376 g/mol. The van der Waals surface area contributed by atoms with Crippen molar-refractivity contribution < 1.29 is 9.59 Å². The van der Waals surface area contributed by atoms with Crippen molar-refractivity contribution in [3.63, 3.8) is 0 Å². The lowest BCUT2D eigenvalue weighted by Gasteiger charge is -2.33.